The van der Waals surface area contributed by atoms with Crippen LogP contribution in [-0.2, 0) is 19.1 Å². The number of alkyl halides is 1. The first-order chi connectivity index (χ1) is 16.8. The van der Waals surface area contributed by atoms with Crippen LogP contribution in [0.2, 0.25) is 0 Å². The third-order valence-corrected chi connectivity index (χ3v) is 5.15. The minimum absolute atomic E-state index is 0.253. The molecule has 2 atom stereocenters. The number of nitrogens with one attached hydrogen (secondary N) is 1. The molecule has 0 aliphatic heterocycles. The first kappa shape index (κ1) is 32.3. The minimum atomic E-state index is -0.662. The highest BCUT2D eigenvalue weighted by atomic mass is 19.1. The van der Waals surface area contributed by atoms with Crippen molar-refractivity contribution in [3.63, 3.8) is 0 Å². The van der Waals surface area contributed by atoms with Crippen molar-refractivity contribution in [1.29, 1.82) is 0 Å². The Balaban J connectivity index is 0.000000883. The lowest BCUT2D eigenvalue weighted by Crippen LogP contribution is -2.41. The smallest absolute Gasteiger partial charge is 0.328 e. The van der Waals surface area contributed by atoms with Gasteiger partial charge >= 0.3 is 11.9 Å². The average molecular weight is 499 g/mol. The van der Waals surface area contributed by atoms with Gasteiger partial charge in [-0.15, -0.1) is 0 Å². The van der Waals surface area contributed by atoms with E-state index in [4.69, 9.17) is 15.2 Å². The van der Waals surface area contributed by atoms with Crippen LogP contribution in [0.4, 0.5) is 4.39 Å². The largest absolute Gasteiger partial charge is 0.493 e. The molecule has 0 aromatic heterocycles. The molecule has 200 valence electrons. The minimum Gasteiger partial charge on any atom is -0.493 e. The summed E-state index contributed by atoms with van der Waals surface area (Å²) < 4.78 is 26.7. The highest BCUT2D eigenvalue weighted by Crippen LogP contribution is 2.14. The fraction of sp³-hybridized carbons (Fsp3) is 0.654. The summed E-state index contributed by atoms with van der Waals surface area (Å²) in [6, 6.07) is 5.51. The van der Waals surface area contributed by atoms with E-state index in [-0.39, 0.29) is 18.5 Å². The number of nitrogens with two attached hydrogens (primary N) is 1. The molecule has 0 unspecified atom stereocenters. The molecule has 1 aromatic rings. The molecule has 9 heteroatoms. The molecule has 0 aliphatic rings. The Kier molecular flexibility index (Phi) is 19.1. The van der Waals surface area contributed by atoms with Crippen LogP contribution < -0.4 is 15.8 Å². The molecule has 0 saturated heterocycles. The molecular weight excluding hydrogens is 455 g/mol. The first-order valence-corrected chi connectivity index (χ1v) is 12.3. The Labute approximate surface area is 209 Å². The quantitative estimate of drug-likeness (QED) is 0.257. The number of esters is 2. The van der Waals surface area contributed by atoms with Crippen LogP contribution in [0, 0.1) is 0 Å². The number of unbranched alkanes of at least 4 members (excludes halogenated alkanes) is 4. The van der Waals surface area contributed by atoms with E-state index < -0.39 is 24.7 Å². The van der Waals surface area contributed by atoms with E-state index in [9.17, 15) is 18.8 Å². The Morgan fingerprint density at radius 2 is 1.57 bits per heavy atom. The first-order valence-electron chi connectivity index (χ1n) is 12.3. The van der Waals surface area contributed by atoms with Crippen LogP contribution in [0.3, 0.4) is 0 Å². The van der Waals surface area contributed by atoms with Gasteiger partial charge in [-0.05, 0) is 31.0 Å². The summed E-state index contributed by atoms with van der Waals surface area (Å²) in [6.07, 6.45) is 7.72. The van der Waals surface area contributed by atoms with Crippen molar-refractivity contribution in [1.82, 2.24) is 5.32 Å². The predicted molar refractivity (Wildman–Crippen MR) is 134 cm³/mol. The molecule has 1 rings (SSSR count). The summed E-state index contributed by atoms with van der Waals surface area (Å²) in [7, 11) is 2.67. The molecule has 0 fully saturated rings. The third-order valence-electron chi connectivity index (χ3n) is 5.15. The van der Waals surface area contributed by atoms with Gasteiger partial charge in [-0.25, -0.2) is 4.79 Å². The maximum absolute atomic E-state index is 12.4. The number of benzene rings is 1. The normalized spacial score (nSPS) is 11.9. The molecule has 0 heterocycles. The van der Waals surface area contributed by atoms with E-state index in [1.165, 1.54) is 14.2 Å². The van der Waals surface area contributed by atoms with Crippen LogP contribution in [0.5, 0.6) is 5.75 Å². The Hall–Kier alpha value is -2.68. The molecule has 35 heavy (non-hydrogen) atoms. The van der Waals surface area contributed by atoms with E-state index in [0.717, 1.165) is 44.9 Å². The Bertz CT molecular complexity index is 732. The lowest BCUT2D eigenvalue weighted by Gasteiger charge is -2.16. The van der Waals surface area contributed by atoms with E-state index in [2.05, 4.69) is 23.9 Å². The van der Waals surface area contributed by atoms with Gasteiger partial charge in [0.1, 0.15) is 17.8 Å². The lowest BCUT2D eigenvalue weighted by atomic mass is 10.1. The second kappa shape index (κ2) is 20.7. The fourth-order valence-electron chi connectivity index (χ4n) is 3.09. The predicted octanol–water partition coefficient (Wildman–Crippen LogP) is 4.34. The number of halogens is 1. The standard InChI is InChI=1S/C18H26FNO4.C8H17NO2/c1-3-4-5-10-16(18(22)23-2)20-17(21)14-8-6-9-15(13-14)24-12-7-11-19;1-3-4-5-6-7(9)8(10)11-2/h6,8-9,13,16H,3-5,7,10-12H2,1-2H3,(H,20,21);7H,3-6,9H2,1-2H3/t16-;7-/m00/s1. The summed E-state index contributed by atoms with van der Waals surface area (Å²) in [6.45, 7) is 3.99. The van der Waals surface area contributed by atoms with E-state index >= 15 is 0 Å². The second-order valence-electron chi connectivity index (χ2n) is 8.09. The summed E-state index contributed by atoms with van der Waals surface area (Å²) in [4.78, 5) is 34.9. The van der Waals surface area contributed by atoms with Gasteiger partial charge in [0.2, 0.25) is 0 Å². The van der Waals surface area contributed by atoms with Gasteiger partial charge in [-0.2, -0.15) is 0 Å². The number of carbonyl (C=O) groups is 3. The molecule has 0 saturated carbocycles. The maximum Gasteiger partial charge on any atom is 0.328 e. The highest BCUT2D eigenvalue weighted by molar-refractivity contribution is 5.97. The van der Waals surface area contributed by atoms with Gasteiger partial charge in [0.15, 0.2) is 0 Å². The molecule has 0 spiro atoms. The molecular formula is C26H43FN2O6. The van der Waals surface area contributed by atoms with Gasteiger partial charge < -0.3 is 25.3 Å². The van der Waals surface area contributed by atoms with Crippen molar-refractivity contribution < 1.29 is 33.0 Å². The van der Waals surface area contributed by atoms with E-state index in [1.807, 2.05) is 0 Å². The second-order valence-corrected chi connectivity index (χ2v) is 8.09. The molecule has 1 amide bonds. The van der Waals surface area contributed by atoms with Crippen LogP contribution >= 0.6 is 0 Å². The molecule has 0 aliphatic carbocycles. The summed E-state index contributed by atoms with van der Waals surface area (Å²) in [5, 5.41) is 2.71. The zero-order valence-corrected chi connectivity index (χ0v) is 21.6. The average Bonchev–Trinajstić information content (AvgIpc) is 2.88. The van der Waals surface area contributed by atoms with Gasteiger partial charge in [-0.1, -0.05) is 58.4 Å². The third kappa shape index (κ3) is 15.0. The van der Waals surface area contributed by atoms with Crippen molar-refractivity contribution in [2.45, 2.75) is 83.7 Å². The van der Waals surface area contributed by atoms with Crippen molar-refractivity contribution in [3.05, 3.63) is 29.8 Å². The van der Waals surface area contributed by atoms with E-state index in [1.54, 1.807) is 24.3 Å². The number of rotatable bonds is 16. The topological polar surface area (TPSA) is 117 Å². The zero-order chi connectivity index (χ0) is 26.5. The van der Waals surface area contributed by atoms with Crippen LogP contribution in [0.1, 0.15) is 82.0 Å². The van der Waals surface area contributed by atoms with Gasteiger partial charge in [0.05, 0.1) is 27.5 Å². The molecule has 1 aromatic carbocycles. The number of hydrogen-bond acceptors (Lipinski definition) is 7. The van der Waals surface area contributed by atoms with Gasteiger partial charge in [0, 0.05) is 12.0 Å². The van der Waals surface area contributed by atoms with Crippen LogP contribution in [0.15, 0.2) is 24.3 Å². The number of amides is 1. The lowest BCUT2D eigenvalue weighted by molar-refractivity contribution is -0.143. The summed E-state index contributed by atoms with van der Waals surface area (Å²) in [5.74, 6) is -0.620. The number of hydrogen-bond donors (Lipinski definition) is 2. The fourth-order valence-corrected chi connectivity index (χ4v) is 3.09. The summed E-state index contributed by atoms with van der Waals surface area (Å²) in [5.41, 5.74) is 5.88. The van der Waals surface area contributed by atoms with Crippen molar-refractivity contribution in [2.75, 3.05) is 27.5 Å². The molecule has 8 nitrogen and oxygen atoms in total. The van der Waals surface area contributed by atoms with Crippen molar-refractivity contribution in [2.24, 2.45) is 5.73 Å². The highest BCUT2D eigenvalue weighted by Gasteiger charge is 2.21. The van der Waals surface area contributed by atoms with Crippen molar-refractivity contribution in [3.8, 4) is 5.75 Å². The number of methoxy groups -OCH3 is 2. The zero-order valence-electron chi connectivity index (χ0n) is 21.6. The van der Waals surface area contributed by atoms with E-state index in [0.29, 0.717) is 24.2 Å². The number of carbonyl (C=O) groups excluding carboxylic acids is 3. The van der Waals surface area contributed by atoms with Crippen LogP contribution in [0.25, 0.3) is 0 Å². The van der Waals surface area contributed by atoms with Gasteiger partial charge in [0.25, 0.3) is 5.91 Å². The monoisotopic (exact) mass is 498 g/mol. The van der Waals surface area contributed by atoms with Crippen LogP contribution in [-0.4, -0.2) is 57.4 Å². The molecule has 3 N–H and O–H groups in total. The van der Waals surface area contributed by atoms with Crippen molar-refractivity contribution >= 4 is 17.8 Å². The number of ether oxygens (including phenoxy) is 3. The Morgan fingerprint density at radius 3 is 2.14 bits per heavy atom. The summed E-state index contributed by atoms with van der Waals surface area (Å²) >= 11 is 0. The molecule has 0 radical (unpaired) electrons. The molecule has 0 bridgehead atoms. The Morgan fingerprint density at radius 1 is 0.943 bits per heavy atom. The maximum atomic E-state index is 12.4. The SMILES string of the molecule is CCCCC[C@H](N)C(=O)OC.CCCCC[C@H](NC(=O)c1cccc(OCCCF)c1)C(=O)OC. The van der Waals surface area contributed by atoms with Gasteiger partial charge in [-0.3, -0.25) is 14.0 Å².